The summed E-state index contributed by atoms with van der Waals surface area (Å²) in [6.45, 7) is 23.1. The van der Waals surface area contributed by atoms with Crippen molar-refractivity contribution in [2.45, 2.75) is 364 Å². The highest BCUT2D eigenvalue weighted by atomic mass is 16.8. The molecule has 444 valence electrons. The van der Waals surface area contributed by atoms with Gasteiger partial charge >= 0.3 is 11.9 Å². The summed E-state index contributed by atoms with van der Waals surface area (Å²) in [5, 5.41) is 0. The number of carbonyl (C=O) groups is 2. The molecular formula is C68H130O7. The average Bonchev–Trinajstić information content (AvgIpc) is 3.40. The molecule has 0 aromatic rings. The minimum atomic E-state index is -0.481. The maximum atomic E-state index is 13.6. The Hall–Kier alpha value is -1.18. The zero-order valence-corrected chi connectivity index (χ0v) is 51.9. The Morgan fingerprint density at radius 3 is 0.787 bits per heavy atom. The Balaban J connectivity index is 1.95. The molecular weight excluding hydrogens is 929 g/mol. The number of hydrogen-bond acceptors (Lipinski definition) is 7. The molecule has 2 heterocycles. The molecule has 7 nitrogen and oxygen atoms in total. The molecule has 0 spiro atoms. The van der Waals surface area contributed by atoms with Gasteiger partial charge in [0.1, 0.15) is 13.2 Å². The molecule has 0 saturated carbocycles. The van der Waals surface area contributed by atoms with Gasteiger partial charge in [0.15, 0.2) is 12.6 Å². The Labute approximate surface area is 467 Å². The standard InChI is InChI=1S/C68H130O7/c1-11-15-19-23-27-31-35-39-43-47-61(48-44-40-36-32-28-24-20-16-12-2)51-65(69)71-53-63-57(7)55(5)59(9)67(73-63)75-68-60(10)56(6)58(8)64(74-68)54-72-66(70)52-62(49-45-41-37-33-29-25-21-17-13-3)50-46-42-38-34-30-26-22-18-14-4/h55-64,67-68H,11-54H2,1-10H3/t55-,56-,57-,58-,59?,60?,63?,64?,67-,68+/m0/s1. The predicted octanol–water partition coefficient (Wildman–Crippen LogP) is 21.1. The Kier molecular flexibility index (Phi) is 43.4. The van der Waals surface area contributed by atoms with Crippen LogP contribution in [-0.4, -0.2) is 49.9 Å². The molecule has 7 heteroatoms. The van der Waals surface area contributed by atoms with E-state index in [0.717, 1.165) is 25.7 Å². The van der Waals surface area contributed by atoms with Crippen molar-refractivity contribution in [3.8, 4) is 0 Å². The fraction of sp³-hybridized carbons (Fsp3) is 0.971. The van der Waals surface area contributed by atoms with Gasteiger partial charge in [0.2, 0.25) is 0 Å². The number of ether oxygens (including phenoxy) is 5. The van der Waals surface area contributed by atoms with Gasteiger partial charge in [0.25, 0.3) is 0 Å². The summed E-state index contributed by atoms with van der Waals surface area (Å²) in [7, 11) is 0. The van der Waals surface area contributed by atoms with Crippen LogP contribution in [0.4, 0.5) is 0 Å². The monoisotopic (exact) mass is 1060 g/mol. The van der Waals surface area contributed by atoms with E-state index in [4.69, 9.17) is 23.7 Å². The number of hydrogen-bond donors (Lipinski definition) is 0. The number of rotatable bonds is 50. The van der Waals surface area contributed by atoms with Crippen molar-refractivity contribution >= 4 is 11.9 Å². The van der Waals surface area contributed by atoms with Crippen LogP contribution in [-0.2, 0) is 33.3 Å². The molecule has 75 heavy (non-hydrogen) atoms. The van der Waals surface area contributed by atoms with Crippen molar-refractivity contribution in [1.29, 1.82) is 0 Å². The lowest BCUT2D eigenvalue weighted by Crippen LogP contribution is -2.53. The lowest BCUT2D eigenvalue weighted by molar-refractivity contribution is -0.344. The summed E-state index contributed by atoms with van der Waals surface area (Å²) >= 11 is 0. The second-order valence-electron chi connectivity index (χ2n) is 25.4. The van der Waals surface area contributed by atoms with Crippen LogP contribution in [0, 0.1) is 47.3 Å². The molecule has 0 aromatic carbocycles. The predicted molar refractivity (Wildman–Crippen MR) is 319 cm³/mol. The van der Waals surface area contributed by atoms with E-state index < -0.39 is 12.6 Å². The summed E-state index contributed by atoms with van der Waals surface area (Å²) < 4.78 is 32.7. The van der Waals surface area contributed by atoms with Crippen molar-refractivity contribution in [3.05, 3.63) is 0 Å². The van der Waals surface area contributed by atoms with Crippen molar-refractivity contribution in [1.82, 2.24) is 0 Å². The van der Waals surface area contributed by atoms with Gasteiger partial charge in [-0.25, -0.2) is 0 Å². The minimum absolute atomic E-state index is 0.0749. The zero-order valence-electron chi connectivity index (χ0n) is 51.9. The first-order valence-corrected chi connectivity index (χ1v) is 33.7. The van der Waals surface area contributed by atoms with E-state index in [9.17, 15) is 9.59 Å². The fourth-order valence-corrected chi connectivity index (χ4v) is 12.4. The molecule has 0 radical (unpaired) electrons. The second kappa shape index (κ2) is 46.6. The summed E-state index contributed by atoms with van der Waals surface area (Å²) in [5.74, 6) is 1.96. The third-order valence-electron chi connectivity index (χ3n) is 18.8. The molecule has 2 aliphatic rings. The van der Waals surface area contributed by atoms with Crippen LogP contribution in [0.3, 0.4) is 0 Å². The van der Waals surface area contributed by atoms with Crippen LogP contribution in [0.15, 0.2) is 0 Å². The summed E-state index contributed by atoms with van der Waals surface area (Å²) in [6.07, 6.45) is 51.7. The first kappa shape index (κ1) is 69.9. The van der Waals surface area contributed by atoms with Crippen LogP contribution in [0.25, 0.3) is 0 Å². The van der Waals surface area contributed by atoms with E-state index in [1.807, 2.05) is 0 Å². The quantitative estimate of drug-likeness (QED) is 0.0443. The van der Waals surface area contributed by atoms with E-state index in [-0.39, 0.29) is 61.0 Å². The molecule has 0 bridgehead atoms. The van der Waals surface area contributed by atoms with Gasteiger partial charge in [-0.3, -0.25) is 9.59 Å². The van der Waals surface area contributed by atoms with Gasteiger partial charge in [-0.15, -0.1) is 0 Å². The third-order valence-corrected chi connectivity index (χ3v) is 18.8. The van der Waals surface area contributed by atoms with Gasteiger partial charge in [0, 0.05) is 24.7 Å². The maximum Gasteiger partial charge on any atom is 0.306 e. The first-order valence-electron chi connectivity index (χ1n) is 33.7. The number of esters is 2. The Morgan fingerprint density at radius 1 is 0.320 bits per heavy atom. The Morgan fingerprint density at radius 2 is 0.547 bits per heavy atom. The van der Waals surface area contributed by atoms with Gasteiger partial charge in [-0.2, -0.15) is 0 Å². The average molecular weight is 1060 g/mol. The molecule has 0 aromatic heterocycles. The molecule has 4 unspecified atom stereocenters. The largest absolute Gasteiger partial charge is 0.463 e. The molecule has 2 aliphatic heterocycles. The lowest BCUT2D eigenvalue weighted by Gasteiger charge is -2.48. The molecule has 0 amide bonds. The smallest absolute Gasteiger partial charge is 0.306 e. The zero-order chi connectivity index (χ0) is 54.7. The van der Waals surface area contributed by atoms with Crippen LogP contribution in [0.5, 0.6) is 0 Å². The first-order chi connectivity index (χ1) is 36.5. The van der Waals surface area contributed by atoms with Gasteiger partial charge in [0.05, 0.1) is 12.2 Å². The second-order valence-corrected chi connectivity index (χ2v) is 25.4. The van der Waals surface area contributed by atoms with Crippen molar-refractivity contribution in [3.63, 3.8) is 0 Å². The summed E-state index contributed by atoms with van der Waals surface area (Å²) in [4.78, 5) is 27.3. The molecule has 2 rings (SSSR count). The van der Waals surface area contributed by atoms with Crippen LogP contribution >= 0.6 is 0 Å². The number of unbranched alkanes of at least 4 members (excludes halogenated alkanes) is 32. The van der Waals surface area contributed by atoms with E-state index in [0.29, 0.717) is 36.5 Å². The molecule has 0 aliphatic carbocycles. The minimum Gasteiger partial charge on any atom is -0.463 e. The Bertz CT molecular complexity index is 1170. The summed E-state index contributed by atoms with van der Waals surface area (Å²) in [6, 6.07) is 0. The van der Waals surface area contributed by atoms with E-state index >= 15 is 0 Å². The van der Waals surface area contributed by atoms with Gasteiger partial charge < -0.3 is 23.7 Å². The topological polar surface area (TPSA) is 80.3 Å². The van der Waals surface area contributed by atoms with E-state index in [2.05, 4.69) is 69.2 Å². The number of carbonyl (C=O) groups excluding carboxylic acids is 2. The van der Waals surface area contributed by atoms with Gasteiger partial charge in [-0.05, 0) is 61.2 Å². The lowest BCUT2D eigenvalue weighted by atomic mass is 9.78. The van der Waals surface area contributed by atoms with Crippen LogP contribution < -0.4 is 0 Å². The third kappa shape index (κ3) is 33.2. The highest BCUT2D eigenvalue weighted by Gasteiger charge is 2.46. The maximum absolute atomic E-state index is 13.6. The van der Waals surface area contributed by atoms with Gasteiger partial charge in [-0.1, -0.05) is 300 Å². The molecule has 2 saturated heterocycles. The highest BCUT2D eigenvalue weighted by Crippen LogP contribution is 2.41. The van der Waals surface area contributed by atoms with Crippen LogP contribution in [0.2, 0.25) is 0 Å². The van der Waals surface area contributed by atoms with Crippen molar-refractivity contribution < 1.29 is 33.3 Å². The van der Waals surface area contributed by atoms with E-state index in [1.54, 1.807) is 0 Å². The van der Waals surface area contributed by atoms with E-state index in [1.165, 1.54) is 231 Å². The highest BCUT2D eigenvalue weighted by molar-refractivity contribution is 5.70. The molecule has 0 N–H and O–H groups in total. The SMILES string of the molecule is CCCCCCCCCCCC(CCCCCCCCCCC)CC(=O)OCC1O[C@H](O[C@@H]2OC(COC(=O)CC(CCCCCCCCCCC)CCCCCCCCCCC)[C@@H](C)[C@H](C)C2C)C(C)[C@@H](C)[C@@H]1C. The van der Waals surface area contributed by atoms with Crippen LogP contribution in [0.1, 0.15) is 339 Å². The molecule has 10 atom stereocenters. The molecule has 2 fully saturated rings. The van der Waals surface area contributed by atoms with Crippen molar-refractivity contribution in [2.24, 2.45) is 47.3 Å². The normalized spacial score (nSPS) is 24.1. The van der Waals surface area contributed by atoms with Crippen molar-refractivity contribution in [2.75, 3.05) is 13.2 Å². The fourth-order valence-electron chi connectivity index (χ4n) is 12.4. The summed E-state index contributed by atoms with van der Waals surface area (Å²) in [5.41, 5.74) is 0.